The molecule has 2 atom stereocenters. The molecule has 1 fully saturated rings. The fraction of sp³-hybridized carbons (Fsp3) is 0.700. The van der Waals surface area contributed by atoms with Crippen molar-refractivity contribution >= 4 is 17.8 Å². The molecule has 1 aliphatic rings. The second-order valence-electron chi connectivity index (χ2n) is 4.36. The molecule has 1 aliphatic heterocycles. The number of carbonyl (C=O) groups is 3. The fourth-order valence-electron chi connectivity index (χ4n) is 1.71. The Labute approximate surface area is 106 Å². The van der Waals surface area contributed by atoms with Crippen LogP contribution >= 0.6 is 0 Å². The molecule has 2 amide bonds. The van der Waals surface area contributed by atoms with E-state index in [0.717, 1.165) is 0 Å². The van der Waals surface area contributed by atoms with Crippen LogP contribution in [0.3, 0.4) is 0 Å². The molecule has 0 aliphatic carbocycles. The Kier molecular flexibility index (Phi) is 4.38. The van der Waals surface area contributed by atoms with E-state index in [1.165, 1.54) is 6.92 Å². The van der Waals surface area contributed by atoms with Gasteiger partial charge in [0.1, 0.15) is 12.6 Å². The average Bonchev–Trinajstić information content (AvgIpc) is 2.57. The zero-order valence-electron chi connectivity index (χ0n) is 10.0. The number of amides is 2. The Morgan fingerprint density at radius 1 is 1.53 bits per heavy atom. The van der Waals surface area contributed by atoms with Gasteiger partial charge in [0.2, 0.25) is 11.8 Å². The summed E-state index contributed by atoms with van der Waals surface area (Å²) in [6.45, 7) is -0.523. The second-order valence-corrected chi connectivity index (χ2v) is 4.36. The molecule has 0 aromatic carbocycles. The molecule has 19 heavy (non-hydrogen) atoms. The van der Waals surface area contributed by atoms with Crippen LogP contribution in [-0.2, 0) is 14.4 Å². The largest absolute Gasteiger partial charge is 0.480 e. The minimum absolute atomic E-state index is 0.339. The van der Waals surface area contributed by atoms with Crippen LogP contribution in [0, 0.1) is 5.92 Å². The minimum Gasteiger partial charge on any atom is -0.480 e. The number of carboxylic acids is 1. The number of hydrogen-bond donors (Lipinski definition) is 2. The molecule has 0 aromatic rings. The molecule has 0 bridgehead atoms. The van der Waals surface area contributed by atoms with E-state index in [-0.39, 0.29) is 13.0 Å². The molecule has 2 unspecified atom stereocenters. The van der Waals surface area contributed by atoms with Gasteiger partial charge in [0, 0.05) is 13.0 Å². The monoisotopic (exact) mass is 282 g/mol. The summed E-state index contributed by atoms with van der Waals surface area (Å²) in [6.07, 6.45) is -4.86. The molecule has 108 valence electrons. The summed E-state index contributed by atoms with van der Waals surface area (Å²) in [4.78, 5) is 34.0. The second kappa shape index (κ2) is 5.45. The maximum absolute atomic E-state index is 12.2. The van der Waals surface area contributed by atoms with E-state index in [1.807, 2.05) is 0 Å². The topological polar surface area (TPSA) is 86.7 Å². The number of rotatable bonds is 4. The van der Waals surface area contributed by atoms with Crippen molar-refractivity contribution in [2.24, 2.45) is 5.92 Å². The summed E-state index contributed by atoms with van der Waals surface area (Å²) in [5.41, 5.74) is 0. The average molecular weight is 282 g/mol. The van der Waals surface area contributed by atoms with Crippen molar-refractivity contribution in [1.29, 1.82) is 0 Å². The lowest BCUT2D eigenvalue weighted by Gasteiger charge is -2.18. The molecule has 0 saturated carbocycles. The fourth-order valence-corrected chi connectivity index (χ4v) is 1.71. The van der Waals surface area contributed by atoms with Crippen LogP contribution in [0.25, 0.3) is 0 Å². The summed E-state index contributed by atoms with van der Waals surface area (Å²) >= 11 is 0. The van der Waals surface area contributed by atoms with Gasteiger partial charge in [-0.25, -0.2) is 0 Å². The van der Waals surface area contributed by atoms with Gasteiger partial charge in [-0.05, 0) is 6.92 Å². The molecular weight excluding hydrogens is 269 g/mol. The van der Waals surface area contributed by atoms with Crippen molar-refractivity contribution in [3.05, 3.63) is 0 Å². The van der Waals surface area contributed by atoms with Crippen molar-refractivity contribution in [1.82, 2.24) is 10.2 Å². The number of carbonyl (C=O) groups excluding carboxylic acids is 2. The maximum atomic E-state index is 12.2. The van der Waals surface area contributed by atoms with Crippen LogP contribution in [0.4, 0.5) is 13.2 Å². The van der Waals surface area contributed by atoms with Gasteiger partial charge in [-0.15, -0.1) is 0 Å². The van der Waals surface area contributed by atoms with Crippen LogP contribution in [0.1, 0.15) is 13.3 Å². The number of alkyl halides is 3. The van der Waals surface area contributed by atoms with E-state index in [1.54, 1.807) is 0 Å². The molecule has 1 rings (SSSR count). The normalized spacial score (nSPS) is 21.4. The summed E-state index contributed by atoms with van der Waals surface area (Å²) in [6, 6.07) is -1.15. The summed E-state index contributed by atoms with van der Waals surface area (Å²) in [7, 11) is 0. The van der Waals surface area contributed by atoms with Crippen molar-refractivity contribution in [2.45, 2.75) is 25.6 Å². The van der Waals surface area contributed by atoms with Gasteiger partial charge in [-0.3, -0.25) is 14.4 Å². The number of nitrogens with zero attached hydrogens (tertiary/aromatic N) is 1. The highest BCUT2D eigenvalue weighted by molar-refractivity contribution is 5.91. The predicted octanol–water partition coefficient (Wildman–Crippen LogP) is -0.0135. The number of hydrogen-bond acceptors (Lipinski definition) is 3. The summed E-state index contributed by atoms with van der Waals surface area (Å²) < 4.78 is 36.5. The number of aliphatic carboxylic acids is 1. The molecule has 0 radical (unpaired) electrons. The van der Waals surface area contributed by atoms with E-state index in [2.05, 4.69) is 5.32 Å². The van der Waals surface area contributed by atoms with E-state index >= 15 is 0 Å². The lowest BCUT2D eigenvalue weighted by Crippen LogP contribution is -2.42. The van der Waals surface area contributed by atoms with Gasteiger partial charge in [0.25, 0.3) is 0 Å². The first kappa shape index (κ1) is 15.3. The van der Waals surface area contributed by atoms with Gasteiger partial charge in [-0.1, -0.05) is 0 Å². The summed E-state index contributed by atoms with van der Waals surface area (Å²) in [5.74, 6) is -3.70. The molecule has 0 aromatic heterocycles. The van der Waals surface area contributed by atoms with Gasteiger partial charge in [0.15, 0.2) is 0 Å². The highest BCUT2D eigenvalue weighted by Gasteiger charge is 2.40. The minimum atomic E-state index is -4.52. The van der Waals surface area contributed by atoms with E-state index in [4.69, 9.17) is 5.11 Å². The predicted molar refractivity (Wildman–Crippen MR) is 56.0 cm³/mol. The summed E-state index contributed by atoms with van der Waals surface area (Å²) in [5, 5.41) is 10.7. The van der Waals surface area contributed by atoms with Crippen molar-refractivity contribution in [2.75, 3.05) is 13.1 Å². The number of halogens is 3. The van der Waals surface area contributed by atoms with Gasteiger partial charge in [-0.2, -0.15) is 13.2 Å². The lowest BCUT2D eigenvalue weighted by molar-refractivity contribution is -0.157. The van der Waals surface area contributed by atoms with Crippen LogP contribution in [0.5, 0.6) is 0 Å². The first-order valence-electron chi connectivity index (χ1n) is 5.48. The van der Waals surface area contributed by atoms with Gasteiger partial charge in [0.05, 0.1) is 5.92 Å². The van der Waals surface area contributed by atoms with Gasteiger partial charge < -0.3 is 15.3 Å². The molecule has 0 spiro atoms. The first-order valence-corrected chi connectivity index (χ1v) is 5.48. The molecule has 1 heterocycles. The van der Waals surface area contributed by atoms with Crippen LogP contribution in [0.15, 0.2) is 0 Å². The number of carboxylic acid groups (broad SMARTS) is 1. The molecule has 6 nitrogen and oxygen atoms in total. The Morgan fingerprint density at radius 3 is 2.58 bits per heavy atom. The highest BCUT2D eigenvalue weighted by atomic mass is 19.4. The lowest BCUT2D eigenvalue weighted by atomic mass is 10.1. The standard InChI is InChI=1S/C10H13F3N2O4/c1-5(9(18)19)14-8(17)6-2-7(16)15(3-6)4-10(11,12)13/h5-6H,2-4H2,1H3,(H,14,17)(H,18,19). The van der Waals surface area contributed by atoms with Crippen molar-refractivity contribution < 1.29 is 32.7 Å². The Hall–Kier alpha value is -1.80. The van der Waals surface area contributed by atoms with Crippen LogP contribution < -0.4 is 5.32 Å². The van der Waals surface area contributed by atoms with Crippen LogP contribution in [-0.4, -0.2) is 53.1 Å². The van der Waals surface area contributed by atoms with E-state index in [0.29, 0.717) is 4.90 Å². The SMILES string of the molecule is CC(NC(=O)C1CC(=O)N(CC(F)(F)F)C1)C(=O)O. The Bertz CT molecular complexity index is 397. The van der Waals surface area contributed by atoms with E-state index in [9.17, 15) is 27.6 Å². The smallest absolute Gasteiger partial charge is 0.406 e. The quantitative estimate of drug-likeness (QED) is 0.759. The molecule has 2 N–H and O–H groups in total. The Balaban J connectivity index is 2.57. The molecular formula is C10H13F3N2O4. The number of nitrogens with one attached hydrogen (secondary N) is 1. The highest BCUT2D eigenvalue weighted by Crippen LogP contribution is 2.23. The zero-order valence-corrected chi connectivity index (χ0v) is 10.0. The van der Waals surface area contributed by atoms with Crippen LogP contribution in [0.2, 0.25) is 0 Å². The third kappa shape index (κ3) is 4.42. The third-order valence-electron chi connectivity index (χ3n) is 2.68. The maximum Gasteiger partial charge on any atom is 0.406 e. The third-order valence-corrected chi connectivity index (χ3v) is 2.68. The zero-order chi connectivity index (χ0) is 14.8. The van der Waals surface area contributed by atoms with Crippen molar-refractivity contribution in [3.63, 3.8) is 0 Å². The van der Waals surface area contributed by atoms with Crippen molar-refractivity contribution in [3.8, 4) is 0 Å². The molecule has 9 heteroatoms. The Morgan fingerprint density at radius 2 is 2.11 bits per heavy atom. The molecule has 1 saturated heterocycles. The number of likely N-dealkylation sites (tertiary alicyclic amines) is 1. The first-order chi connectivity index (χ1) is 8.60. The van der Waals surface area contributed by atoms with Gasteiger partial charge >= 0.3 is 12.1 Å². The van der Waals surface area contributed by atoms with E-state index < -0.39 is 42.5 Å².